The molecule has 0 aliphatic rings. The first-order valence-corrected chi connectivity index (χ1v) is 7.70. The van der Waals surface area contributed by atoms with Crippen molar-refractivity contribution in [3.63, 3.8) is 0 Å². The Morgan fingerprint density at radius 3 is 2.12 bits per heavy atom. The molecule has 0 aliphatic carbocycles. The van der Waals surface area contributed by atoms with Crippen LogP contribution < -0.4 is 0 Å². The summed E-state index contributed by atoms with van der Waals surface area (Å²) in [6.07, 6.45) is 6.75. The fraction of sp³-hybridized carbons (Fsp3) is 1.00. The highest BCUT2D eigenvalue weighted by Gasteiger charge is 2.05. The average molecular weight is 252 g/mol. The second kappa shape index (κ2) is 8.96. The first-order chi connectivity index (χ1) is 7.45. The molecule has 0 heterocycles. The highest BCUT2D eigenvalue weighted by atomic mass is 32.2. The molecule has 0 aromatic rings. The topological polar surface area (TPSA) is 74.6 Å². The molecule has 0 bridgehead atoms. The van der Waals surface area contributed by atoms with Gasteiger partial charge in [0.15, 0.2) is 0 Å². The molecule has 0 amide bonds. The maximum Gasteiger partial charge on any atom is 0.264 e. The van der Waals surface area contributed by atoms with Gasteiger partial charge >= 0.3 is 0 Å². The van der Waals surface area contributed by atoms with Gasteiger partial charge < -0.3 is 5.11 Å². The van der Waals surface area contributed by atoms with E-state index in [2.05, 4.69) is 6.92 Å². The van der Waals surface area contributed by atoms with E-state index in [1.165, 1.54) is 0 Å². The van der Waals surface area contributed by atoms with Crippen LogP contribution in [0.15, 0.2) is 0 Å². The van der Waals surface area contributed by atoms with Crippen LogP contribution in [-0.2, 0) is 10.1 Å². The number of rotatable bonds is 10. The molecule has 2 N–H and O–H groups in total. The largest absolute Gasteiger partial charge is 0.393 e. The minimum atomic E-state index is -3.79. The molecule has 0 aromatic heterocycles. The number of unbranched alkanes of at least 4 members (excludes halogenated alkanes) is 4. The lowest BCUT2D eigenvalue weighted by Crippen LogP contribution is -2.06. The number of hydrogen-bond donors (Lipinski definition) is 2. The standard InChI is InChI=1S/C11H24O4S/c1-2-3-8-11(12)9-6-4-5-7-10-16(13,14)15/h11-12H,2-10H2,1H3,(H,13,14,15). The maximum atomic E-state index is 10.4. The molecule has 0 spiro atoms. The molecule has 0 radical (unpaired) electrons. The third-order valence-electron chi connectivity index (χ3n) is 2.58. The smallest absolute Gasteiger partial charge is 0.264 e. The summed E-state index contributed by atoms with van der Waals surface area (Å²) in [6.45, 7) is 2.10. The van der Waals surface area contributed by atoms with Crippen molar-refractivity contribution >= 4 is 10.1 Å². The van der Waals surface area contributed by atoms with Crippen LogP contribution in [0.1, 0.15) is 58.3 Å². The molecule has 0 aliphatic heterocycles. The molecule has 5 heteroatoms. The normalized spacial score (nSPS) is 13.9. The predicted molar refractivity (Wildman–Crippen MR) is 65.0 cm³/mol. The van der Waals surface area contributed by atoms with Crippen molar-refractivity contribution in [1.82, 2.24) is 0 Å². The first kappa shape index (κ1) is 15.9. The van der Waals surface area contributed by atoms with Crippen LogP contribution in [0.4, 0.5) is 0 Å². The Morgan fingerprint density at radius 2 is 1.56 bits per heavy atom. The van der Waals surface area contributed by atoms with E-state index in [1.807, 2.05) is 0 Å². The van der Waals surface area contributed by atoms with Crippen molar-refractivity contribution in [1.29, 1.82) is 0 Å². The Labute approximate surface area is 98.8 Å². The molecule has 4 nitrogen and oxygen atoms in total. The van der Waals surface area contributed by atoms with E-state index < -0.39 is 10.1 Å². The van der Waals surface area contributed by atoms with E-state index in [0.29, 0.717) is 6.42 Å². The Balaban J connectivity index is 3.27. The maximum absolute atomic E-state index is 10.4. The van der Waals surface area contributed by atoms with Gasteiger partial charge in [-0.15, -0.1) is 0 Å². The van der Waals surface area contributed by atoms with Crippen LogP contribution in [0.5, 0.6) is 0 Å². The molecule has 0 aromatic carbocycles. The number of aliphatic hydroxyl groups is 1. The SMILES string of the molecule is CCCCC(O)CCCCCCS(=O)(=O)O. The summed E-state index contributed by atoms with van der Waals surface area (Å²) in [5.41, 5.74) is 0. The summed E-state index contributed by atoms with van der Waals surface area (Å²) in [7, 11) is -3.79. The zero-order valence-corrected chi connectivity index (χ0v) is 10.9. The third-order valence-corrected chi connectivity index (χ3v) is 3.39. The van der Waals surface area contributed by atoms with Gasteiger partial charge in [0.1, 0.15) is 0 Å². The molecule has 16 heavy (non-hydrogen) atoms. The van der Waals surface area contributed by atoms with Gasteiger partial charge in [-0.3, -0.25) is 4.55 Å². The average Bonchev–Trinajstić information content (AvgIpc) is 2.18. The molecular formula is C11H24O4S. The molecule has 0 saturated carbocycles. The molecule has 0 rings (SSSR count). The van der Waals surface area contributed by atoms with Gasteiger partial charge in [-0.2, -0.15) is 8.42 Å². The van der Waals surface area contributed by atoms with Crippen molar-refractivity contribution in [3.05, 3.63) is 0 Å². The summed E-state index contributed by atoms with van der Waals surface area (Å²) in [5.74, 6) is -0.147. The third kappa shape index (κ3) is 11.9. The fourth-order valence-corrected chi connectivity index (χ4v) is 2.17. The van der Waals surface area contributed by atoms with E-state index >= 15 is 0 Å². The molecule has 0 saturated heterocycles. The number of aliphatic hydroxyl groups excluding tert-OH is 1. The van der Waals surface area contributed by atoms with Crippen LogP contribution in [0.3, 0.4) is 0 Å². The molecule has 0 fully saturated rings. The van der Waals surface area contributed by atoms with Crippen molar-refractivity contribution in [2.45, 2.75) is 64.4 Å². The van der Waals surface area contributed by atoms with Gasteiger partial charge in [-0.25, -0.2) is 0 Å². The Kier molecular flexibility index (Phi) is 8.89. The number of hydrogen-bond acceptors (Lipinski definition) is 3. The van der Waals surface area contributed by atoms with E-state index in [-0.39, 0.29) is 11.9 Å². The summed E-state index contributed by atoms with van der Waals surface area (Å²) in [4.78, 5) is 0. The summed E-state index contributed by atoms with van der Waals surface area (Å²) in [5, 5.41) is 9.53. The van der Waals surface area contributed by atoms with Gasteiger partial charge in [-0.05, 0) is 19.3 Å². The van der Waals surface area contributed by atoms with Crippen molar-refractivity contribution in [3.8, 4) is 0 Å². The van der Waals surface area contributed by atoms with Crippen molar-refractivity contribution in [2.75, 3.05) is 5.75 Å². The molecular weight excluding hydrogens is 228 g/mol. The zero-order chi connectivity index (χ0) is 12.4. The van der Waals surface area contributed by atoms with Crippen molar-refractivity contribution < 1.29 is 18.1 Å². The van der Waals surface area contributed by atoms with Crippen LogP contribution in [-0.4, -0.2) is 29.9 Å². The van der Waals surface area contributed by atoms with Crippen LogP contribution in [0, 0.1) is 0 Å². The second-order valence-corrected chi connectivity index (χ2v) is 5.86. The van der Waals surface area contributed by atoms with Gasteiger partial charge in [0.25, 0.3) is 10.1 Å². The summed E-state index contributed by atoms with van der Waals surface area (Å²) < 4.78 is 29.3. The molecule has 98 valence electrons. The lowest BCUT2D eigenvalue weighted by Gasteiger charge is -2.08. The van der Waals surface area contributed by atoms with E-state index in [1.54, 1.807) is 0 Å². The lowest BCUT2D eigenvalue weighted by atomic mass is 10.1. The minimum Gasteiger partial charge on any atom is -0.393 e. The van der Waals surface area contributed by atoms with Gasteiger partial charge in [-0.1, -0.05) is 39.0 Å². The molecule has 1 atom stereocenters. The van der Waals surface area contributed by atoms with Crippen LogP contribution >= 0.6 is 0 Å². The zero-order valence-electron chi connectivity index (χ0n) is 10.1. The van der Waals surface area contributed by atoms with Crippen LogP contribution in [0.25, 0.3) is 0 Å². The quantitative estimate of drug-likeness (QED) is 0.462. The van der Waals surface area contributed by atoms with Gasteiger partial charge in [0.2, 0.25) is 0 Å². The predicted octanol–water partition coefficient (Wildman–Crippen LogP) is 2.38. The van der Waals surface area contributed by atoms with E-state index in [9.17, 15) is 13.5 Å². The van der Waals surface area contributed by atoms with E-state index in [0.717, 1.165) is 44.9 Å². The van der Waals surface area contributed by atoms with Crippen molar-refractivity contribution in [2.24, 2.45) is 0 Å². The summed E-state index contributed by atoms with van der Waals surface area (Å²) >= 11 is 0. The van der Waals surface area contributed by atoms with Gasteiger partial charge in [0.05, 0.1) is 11.9 Å². The van der Waals surface area contributed by atoms with Crippen LogP contribution in [0.2, 0.25) is 0 Å². The second-order valence-electron chi connectivity index (χ2n) is 4.28. The summed E-state index contributed by atoms with van der Waals surface area (Å²) in [6, 6.07) is 0. The fourth-order valence-electron chi connectivity index (χ4n) is 1.60. The Bertz CT molecular complexity index is 249. The lowest BCUT2D eigenvalue weighted by molar-refractivity contribution is 0.148. The monoisotopic (exact) mass is 252 g/mol. The molecule has 1 unspecified atom stereocenters. The Hall–Kier alpha value is -0.130. The Morgan fingerprint density at radius 1 is 1.00 bits per heavy atom. The highest BCUT2D eigenvalue weighted by Crippen LogP contribution is 2.10. The first-order valence-electron chi connectivity index (χ1n) is 6.09. The van der Waals surface area contributed by atoms with Gasteiger partial charge in [0, 0.05) is 0 Å². The highest BCUT2D eigenvalue weighted by molar-refractivity contribution is 7.85. The minimum absolute atomic E-state index is 0.147. The van der Waals surface area contributed by atoms with E-state index in [4.69, 9.17) is 4.55 Å².